The van der Waals surface area contributed by atoms with Gasteiger partial charge < -0.3 is 9.88 Å². The summed E-state index contributed by atoms with van der Waals surface area (Å²) in [5.74, 6) is -0.450. The topological polar surface area (TPSA) is 51.1 Å². The van der Waals surface area contributed by atoms with Crippen LogP contribution in [0.1, 0.15) is 43.5 Å². The van der Waals surface area contributed by atoms with E-state index in [1.165, 1.54) is 5.56 Å². The Bertz CT molecular complexity index is 840. The number of aromatic nitrogens is 1. The van der Waals surface area contributed by atoms with Crippen molar-refractivity contribution in [1.82, 2.24) is 9.88 Å². The first kappa shape index (κ1) is 20.7. The smallest absolute Gasteiger partial charge is 0.347 e. The fraction of sp³-hybridized carbons (Fsp3) is 0.400. The van der Waals surface area contributed by atoms with Gasteiger partial charge in [0.15, 0.2) is 0 Å². The van der Waals surface area contributed by atoms with Crippen molar-refractivity contribution in [2.24, 2.45) is 5.92 Å². The highest BCUT2D eigenvalue weighted by Crippen LogP contribution is 2.28. The number of carbonyl (C=O) groups excluding carboxylic acids is 1. The maximum atomic E-state index is 12.8. The van der Waals surface area contributed by atoms with Gasteiger partial charge in [-0.1, -0.05) is 45.0 Å². The molecular weight excluding hydrogens is 357 g/mol. The van der Waals surface area contributed by atoms with Crippen molar-refractivity contribution in [3.8, 4) is 0 Å². The van der Waals surface area contributed by atoms with Crippen LogP contribution in [-0.2, 0) is 23.9 Å². The van der Waals surface area contributed by atoms with Crippen LogP contribution in [-0.4, -0.2) is 10.5 Å². The zero-order valence-corrected chi connectivity index (χ0v) is 15.5. The molecule has 0 aliphatic heterocycles. The number of benzene rings is 1. The molecule has 7 heteroatoms. The van der Waals surface area contributed by atoms with Gasteiger partial charge in [-0.3, -0.25) is 9.59 Å². The predicted molar refractivity (Wildman–Crippen MR) is 97.2 cm³/mol. The molecule has 1 N–H and O–H groups in total. The Morgan fingerprint density at radius 2 is 1.74 bits per heavy atom. The summed E-state index contributed by atoms with van der Waals surface area (Å²) in [7, 11) is 0. The minimum atomic E-state index is -4.58. The van der Waals surface area contributed by atoms with Gasteiger partial charge in [0.05, 0.1) is 11.6 Å². The molecule has 0 fully saturated rings. The molecule has 1 amide bonds. The van der Waals surface area contributed by atoms with E-state index >= 15 is 0 Å². The van der Waals surface area contributed by atoms with E-state index in [0.717, 1.165) is 22.6 Å². The van der Waals surface area contributed by atoms with E-state index in [1.807, 2.05) is 45.0 Å². The van der Waals surface area contributed by atoms with Gasteiger partial charge >= 0.3 is 6.18 Å². The Hall–Kier alpha value is -2.57. The number of aryl methyl sites for hydroxylation is 1. The number of hydrogen-bond acceptors (Lipinski definition) is 2. The molecule has 1 aromatic carbocycles. The van der Waals surface area contributed by atoms with Gasteiger partial charge in [0, 0.05) is 12.3 Å². The van der Waals surface area contributed by atoms with E-state index in [-0.39, 0.29) is 12.0 Å². The van der Waals surface area contributed by atoms with Crippen LogP contribution in [0.4, 0.5) is 13.2 Å². The third kappa shape index (κ3) is 5.45. The lowest BCUT2D eigenvalue weighted by atomic mass is 9.95. The van der Waals surface area contributed by atoms with Gasteiger partial charge in [-0.15, -0.1) is 0 Å². The number of hydrogen-bond donors (Lipinski definition) is 1. The standard InChI is InChI=1S/C20H23F3N2O2/c1-4-14-5-7-15(8-6-14)19(13(2)3)24-17(26)12-25-11-16(20(21,22)23)9-10-18(25)27/h5-11,13,19H,4,12H2,1-3H3,(H,24,26)/t19-/m0/s1. The van der Waals surface area contributed by atoms with E-state index in [0.29, 0.717) is 12.3 Å². The second-order valence-electron chi connectivity index (χ2n) is 6.77. The lowest BCUT2D eigenvalue weighted by Gasteiger charge is -2.23. The zero-order valence-electron chi connectivity index (χ0n) is 15.5. The predicted octanol–water partition coefficient (Wildman–Crippen LogP) is 3.94. The monoisotopic (exact) mass is 380 g/mol. The lowest BCUT2D eigenvalue weighted by molar-refractivity contribution is -0.138. The number of alkyl halides is 3. The maximum Gasteiger partial charge on any atom is 0.417 e. The Labute approximate surface area is 156 Å². The van der Waals surface area contributed by atoms with Crippen LogP contribution in [0.2, 0.25) is 0 Å². The molecule has 0 spiro atoms. The Morgan fingerprint density at radius 3 is 2.26 bits per heavy atom. The number of carbonyl (C=O) groups is 1. The Morgan fingerprint density at radius 1 is 1.11 bits per heavy atom. The van der Waals surface area contributed by atoms with Crippen molar-refractivity contribution in [2.75, 3.05) is 0 Å². The molecule has 1 atom stereocenters. The van der Waals surface area contributed by atoms with Gasteiger partial charge in [-0.2, -0.15) is 13.2 Å². The van der Waals surface area contributed by atoms with Crippen molar-refractivity contribution < 1.29 is 18.0 Å². The molecule has 2 rings (SSSR count). The molecule has 0 bridgehead atoms. The highest BCUT2D eigenvalue weighted by molar-refractivity contribution is 5.76. The summed E-state index contributed by atoms with van der Waals surface area (Å²) in [6.45, 7) is 5.45. The van der Waals surface area contributed by atoms with Crippen LogP contribution in [0.5, 0.6) is 0 Å². The van der Waals surface area contributed by atoms with Gasteiger partial charge in [-0.25, -0.2) is 0 Å². The molecule has 0 unspecified atom stereocenters. The van der Waals surface area contributed by atoms with Crippen LogP contribution >= 0.6 is 0 Å². The zero-order chi connectivity index (χ0) is 20.2. The number of halogens is 3. The lowest BCUT2D eigenvalue weighted by Crippen LogP contribution is -2.36. The second-order valence-corrected chi connectivity index (χ2v) is 6.77. The molecule has 4 nitrogen and oxygen atoms in total. The fourth-order valence-electron chi connectivity index (χ4n) is 2.79. The summed E-state index contributed by atoms with van der Waals surface area (Å²) >= 11 is 0. The molecular formula is C20H23F3N2O2. The van der Waals surface area contributed by atoms with Crippen molar-refractivity contribution in [2.45, 2.75) is 46.0 Å². The van der Waals surface area contributed by atoms with Crippen LogP contribution in [0, 0.1) is 5.92 Å². The second kappa shape index (κ2) is 8.41. The molecule has 0 saturated heterocycles. The third-order valence-corrected chi connectivity index (χ3v) is 4.35. The van der Waals surface area contributed by atoms with E-state index < -0.39 is 29.8 Å². The molecule has 0 aliphatic carbocycles. The van der Waals surface area contributed by atoms with Crippen LogP contribution in [0.25, 0.3) is 0 Å². The van der Waals surface area contributed by atoms with Crippen molar-refractivity contribution >= 4 is 5.91 Å². The Kier molecular flexibility index (Phi) is 6.46. The summed E-state index contributed by atoms with van der Waals surface area (Å²) in [5.41, 5.74) is 0.451. The van der Waals surface area contributed by atoms with Gasteiger partial charge in [-0.05, 0) is 29.5 Å². The highest BCUT2D eigenvalue weighted by atomic mass is 19.4. The van der Waals surface area contributed by atoms with Crippen molar-refractivity contribution in [1.29, 1.82) is 0 Å². The molecule has 27 heavy (non-hydrogen) atoms. The molecule has 2 aromatic rings. The van der Waals surface area contributed by atoms with Crippen molar-refractivity contribution in [3.63, 3.8) is 0 Å². The van der Waals surface area contributed by atoms with E-state index in [4.69, 9.17) is 0 Å². The molecule has 0 saturated carbocycles. The molecule has 1 heterocycles. The fourth-order valence-corrected chi connectivity index (χ4v) is 2.79. The summed E-state index contributed by atoms with van der Waals surface area (Å²) in [6, 6.07) is 9.05. The number of pyridine rings is 1. The third-order valence-electron chi connectivity index (χ3n) is 4.35. The van der Waals surface area contributed by atoms with Gasteiger partial charge in [0.1, 0.15) is 6.54 Å². The number of amides is 1. The molecule has 0 aliphatic rings. The average molecular weight is 380 g/mol. The molecule has 0 radical (unpaired) electrons. The number of nitrogens with zero attached hydrogens (tertiary/aromatic N) is 1. The molecule has 1 aromatic heterocycles. The van der Waals surface area contributed by atoms with Gasteiger partial charge in [0.2, 0.25) is 5.91 Å². The van der Waals surface area contributed by atoms with Crippen LogP contribution in [0.3, 0.4) is 0 Å². The van der Waals surface area contributed by atoms with Gasteiger partial charge in [0.25, 0.3) is 5.56 Å². The maximum absolute atomic E-state index is 12.8. The number of rotatable bonds is 6. The summed E-state index contributed by atoms with van der Waals surface area (Å²) in [6.07, 6.45) is -3.01. The summed E-state index contributed by atoms with van der Waals surface area (Å²) in [4.78, 5) is 24.2. The first-order chi connectivity index (χ1) is 12.6. The number of nitrogens with one attached hydrogen (secondary N) is 1. The van der Waals surface area contributed by atoms with E-state index in [9.17, 15) is 22.8 Å². The average Bonchev–Trinajstić information content (AvgIpc) is 2.60. The minimum Gasteiger partial charge on any atom is -0.347 e. The van der Waals surface area contributed by atoms with Crippen molar-refractivity contribution in [3.05, 3.63) is 69.6 Å². The van der Waals surface area contributed by atoms with E-state index in [2.05, 4.69) is 5.32 Å². The normalized spacial score (nSPS) is 12.9. The SMILES string of the molecule is CCc1ccc([C@@H](NC(=O)Cn2cc(C(F)(F)F)ccc2=O)C(C)C)cc1. The first-order valence-electron chi connectivity index (χ1n) is 8.77. The minimum absolute atomic E-state index is 0.0691. The quantitative estimate of drug-likeness (QED) is 0.825. The van der Waals surface area contributed by atoms with E-state index in [1.54, 1.807) is 0 Å². The summed E-state index contributed by atoms with van der Waals surface area (Å²) < 4.78 is 39.2. The van der Waals surface area contributed by atoms with Crippen LogP contribution < -0.4 is 10.9 Å². The van der Waals surface area contributed by atoms with Crippen LogP contribution in [0.15, 0.2) is 47.4 Å². The largest absolute Gasteiger partial charge is 0.417 e. The Balaban J connectivity index is 2.18. The summed E-state index contributed by atoms with van der Waals surface area (Å²) in [5, 5.41) is 2.82. The molecule has 146 valence electrons. The highest BCUT2D eigenvalue weighted by Gasteiger charge is 2.31. The first-order valence-corrected chi connectivity index (χ1v) is 8.77.